The van der Waals surface area contributed by atoms with Crippen LogP contribution in [0, 0.1) is 0 Å². The molecule has 1 saturated heterocycles. The predicted molar refractivity (Wildman–Crippen MR) is 125 cm³/mol. The van der Waals surface area contributed by atoms with E-state index in [4.69, 9.17) is 11.5 Å². The minimum Gasteiger partial charge on any atom is -0.366 e. The van der Waals surface area contributed by atoms with Crippen molar-refractivity contribution in [1.82, 2.24) is 9.80 Å². The molecule has 3 rings (SSSR count). The van der Waals surface area contributed by atoms with Gasteiger partial charge in [-0.1, -0.05) is 37.3 Å². The van der Waals surface area contributed by atoms with E-state index < -0.39 is 11.9 Å². The average Bonchev–Trinajstić information content (AvgIpc) is 3.13. The Balaban J connectivity index is 0.00000166. The Bertz CT molecular complexity index is 904. The molecule has 10 heteroatoms. The van der Waals surface area contributed by atoms with Crippen LogP contribution in [-0.4, -0.2) is 60.9 Å². The van der Waals surface area contributed by atoms with Gasteiger partial charge in [0.25, 0.3) is 11.8 Å². The van der Waals surface area contributed by atoms with Gasteiger partial charge >= 0.3 is 6.03 Å². The summed E-state index contributed by atoms with van der Waals surface area (Å²) in [6, 6.07) is 8.02. The molecule has 2 aromatic rings. The van der Waals surface area contributed by atoms with Gasteiger partial charge in [-0.05, 0) is 30.8 Å². The van der Waals surface area contributed by atoms with Gasteiger partial charge in [-0.25, -0.2) is 4.79 Å². The molecule has 0 spiro atoms. The molecular formula is C21H30N6O3S. The largest absolute Gasteiger partial charge is 0.366 e. The zero-order chi connectivity index (χ0) is 23.0. The number of primary amides is 2. The molecule has 2 heterocycles. The summed E-state index contributed by atoms with van der Waals surface area (Å²) in [5, 5.41) is 5.63. The molecule has 1 aromatic carbocycles. The van der Waals surface area contributed by atoms with Gasteiger partial charge in [0.05, 0.1) is 10.6 Å². The summed E-state index contributed by atoms with van der Waals surface area (Å²) in [6.45, 7) is 9.02. The van der Waals surface area contributed by atoms with E-state index in [-0.39, 0.29) is 16.5 Å². The molecular weight excluding hydrogens is 416 g/mol. The van der Waals surface area contributed by atoms with Gasteiger partial charge in [-0.3, -0.25) is 19.8 Å². The number of likely N-dealkylation sites (N-methyl/N-ethyl adjacent to an activating group) is 1. The molecule has 0 aliphatic carbocycles. The molecule has 6 N–H and O–H groups in total. The van der Waals surface area contributed by atoms with Crippen LogP contribution in [0.15, 0.2) is 30.3 Å². The summed E-state index contributed by atoms with van der Waals surface area (Å²) in [7, 11) is 2.12. The summed E-state index contributed by atoms with van der Waals surface area (Å²) in [5.74, 6) is -1.04. The number of thiophene rings is 1. The molecule has 1 aromatic heterocycles. The van der Waals surface area contributed by atoms with E-state index in [1.807, 2.05) is 26.0 Å². The van der Waals surface area contributed by atoms with Crippen LogP contribution < -0.4 is 22.1 Å². The molecule has 0 bridgehead atoms. The Hall–Kier alpha value is -2.95. The van der Waals surface area contributed by atoms with E-state index in [2.05, 4.69) is 27.5 Å². The number of piperazine rings is 1. The van der Waals surface area contributed by atoms with Crippen LogP contribution in [0.1, 0.15) is 40.1 Å². The highest BCUT2D eigenvalue weighted by Gasteiger charge is 2.17. The number of amides is 4. The van der Waals surface area contributed by atoms with Crippen LogP contribution in [0.4, 0.5) is 14.8 Å². The fourth-order valence-electron chi connectivity index (χ4n) is 3.05. The van der Waals surface area contributed by atoms with Crippen molar-refractivity contribution in [3.63, 3.8) is 0 Å². The number of carbonyl (C=O) groups is 3. The third-order valence-electron chi connectivity index (χ3n) is 4.69. The molecule has 9 nitrogen and oxygen atoms in total. The molecule has 0 radical (unpaired) electrons. The maximum absolute atomic E-state index is 12.5. The number of urea groups is 1. The van der Waals surface area contributed by atoms with Gasteiger partial charge in [0.1, 0.15) is 5.00 Å². The highest BCUT2D eigenvalue weighted by molar-refractivity contribution is 7.20. The number of nitrogens with two attached hydrogens (primary N) is 2. The van der Waals surface area contributed by atoms with E-state index in [0.717, 1.165) is 49.6 Å². The lowest BCUT2D eigenvalue weighted by Crippen LogP contribution is -2.43. The molecule has 31 heavy (non-hydrogen) atoms. The molecule has 0 saturated carbocycles. The number of anilines is 2. The zero-order valence-electron chi connectivity index (χ0n) is 18.1. The van der Waals surface area contributed by atoms with Crippen molar-refractivity contribution in [2.24, 2.45) is 11.5 Å². The van der Waals surface area contributed by atoms with E-state index in [1.165, 1.54) is 6.07 Å². The molecule has 4 amide bonds. The van der Waals surface area contributed by atoms with Crippen LogP contribution in [0.25, 0.3) is 0 Å². The van der Waals surface area contributed by atoms with Crippen molar-refractivity contribution in [3.05, 3.63) is 47.0 Å². The SMILES string of the molecule is CC.CN1CCN(Cc2ccc(C(=O)Nc3cc(C(N)=O)c(NC(N)=O)s3)cc2)CC1. The first-order valence-electron chi connectivity index (χ1n) is 10.1. The Morgan fingerprint density at radius 3 is 2.16 bits per heavy atom. The Morgan fingerprint density at radius 2 is 1.61 bits per heavy atom. The average molecular weight is 447 g/mol. The zero-order valence-corrected chi connectivity index (χ0v) is 18.9. The van der Waals surface area contributed by atoms with Gasteiger partial charge in [0.15, 0.2) is 0 Å². The van der Waals surface area contributed by atoms with E-state index in [1.54, 1.807) is 12.1 Å². The van der Waals surface area contributed by atoms with E-state index in [0.29, 0.717) is 10.6 Å². The van der Waals surface area contributed by atoms with Crippen molar-refractivity contribution >= 4 is 39.2 Å². The number of benzene rings is 1. The van der Waals surface area contributed by atoms with Crippen LogP contribution in [-0.2, 0) is 6.54 Å². The smallest absolute Gasteiger partial charge is 0.317 e. The first kappa shape index (κ1) is 24.3. The molecule has 168 valence electrons. The van der Waals surface area contributed by atoms with Crippen LogP contribution >= 0.6 is 11.3 Å². The Labute approximate surface area is 186 Å². The molecule has 0 atom stereocenters. The van der Waals surface area contributed by atoms with E-state index >= 15 is 0 Å². The maximum atomic E-state index is 12.5. The minimum atomic E-state index is -0.817. The normalized spacial score (nSPS) is 14.3. The highest BCUT2D eigenvalue weighted by atomic mass is 32.1. The summed E-state index contributed by atoms with van der Waals surface area (Å²) in [6.07, 6.45) is 0. The van der Waals surface area contributed by atoms with Crippen LogP contribution in [0.2, 0.25) is 0 Å². The van der Waals surface area contributed by atoms with Gasteiger partial charge in [-0.2, -0.15) is 0 Å². The molecule has 1 fully saturated rings. The number of nitrogens with zero attached hydrogens (tertiary/aromatic N) is 2. The number of rotatable bonds is 6. The van der Waals surface area contributed by atoms with Crippen molar-refractivity contribution in [2.45, 2.75) is 20.4 Å². The molecule has 1 aliphatic heterocycles. The van der Waals surface area contributed by atoms with Crippen molar-refractivity contribution < 1.29 is 14.4 Å². The topological polar surface area (TPSA) is 134 Å². The van der Waals surface area contributed by atoms with Crippen LogP contribution in [0.5, 0.6) is 0 Å². The first-order chi connectivity index (χ1) is 14.8. The van der Waals surface area contributed by atoms with Crippen molar-refractivity contribution in [2.75, 3.05) is 43.9 Å². The second-order valence-electron chi connectivity index (χ2n) is 6.94. The number of nitrogens with one attached hydrogen (secondary N) is 2. The fourth-order valence-corrected chi connectivity index (χ4v) is 4.01. The standard InChI is InChI=1S/C19H24N6O3S.C2H6/c1-24-6-8-25(9-7-24)11-12-2-4-13(5-3-12)17(27)22-15-10-14(16(20)26)18(29-15)23-19(21)28;1-2/h2-5,10H,6-9,11H2,1H3,(H2,20,26)(H,22,27)(H3,21,23,28);1-2H3. The lowest BCUT2D eigenvalue weighted by Gasteiger charge is -2.32. The lowest BCUT2D eigenvalue weighted by molar-refractivity contribution is 0.0997. The van der Waals surface area contributed by atoms with Crippen molar-refractivity contribution in [3.8, 4) is 0 Å². The monoisotopic (exact) mass is 446 g/mol. The van der Waals surface area contributed by atoms with Crippen molar-refractivity contribution in [1.29, 1.82) is 0 Å². The minimum absolute atomic E-state index is 0.0895. The number of hydrogen-bond acceptors (Lipinski definition) is 6. The quantitative estimate of drug-likeness (QED) is 0.540. The number of carbonyl (C=O) groups excluding carboxylic acids is 3. The third kappa shape index (κ3) is 7.06. The van der Waals surface area contributed by atoms with Gasteiger partial charge in [-0.15, -0.1) is 0 Å². The predicted octanol–water partition coefficient (Wildman–Crippen LogP) is 2.36. The van der Waals surface area contributed by atoms with Gasteiger partial charge < -0.3 is 21.7 Å². The van der Waals surface area contributed by atoms with E-state index in [9.17, 15) is 14.4 Å². The third-order valence-corrected chi connectivity index (χ3v) is 5.66. The summed E-state index contributed by atoms with van der Waals surface area (Å²) < 4.78 is 0. The second kappa shape index (κ2) is 11.4. The summed E-state index contributed by atoms with van der Waals surface area (Å²) in [4.78, 5) is 39.8. The molecule has 0 unspecified atom stereocenters. The summed E-state index contributed by atoms with van der Waals surface area (Å²) in [5.41, 5.74) is 12.1. The van der Waals surface area contributed by atoms with Gasteiger partial charge in [0, 0.05) is 38.3 Å². The summed E-state index contributed by atoms with van der Waals surface area (Å²) >= 11 is 1.01. The second-order valence-corrected chi connectivity index (χ2v) is 7.99. The number of hydrogen-bond donors (Lipinski definition) is 4. The lowest BCUT2D eigenvalue weighted by atomic mass is 10.1. The Morgan fingerprint density at radius 1 is 1.00 bits per heavy atom. The van der Waals surface area contributed by atoms with Gasteiger partial charge in [0.2, 0.25) is 0 Å². The maximum Gasteiger partial charge on any atom is 0.317 e. The fraction of sp³-hybridized carbons (Fsp3) is 0.381. The van der Waals surface area contributed by atoms with Crippen LogP contribution in [0.3, 0.4) is 0 Å². The highest BCUT2D eigenvalue weighted by Crippen LogP contribution is 2.32. The first-order valence-corrected chi connectivity index (χ1v) is 10.9. The Kier molecular flexibility index (Phi) is 8.98. The molecule has 1 aliphatic rings.